The fourth-order valence-electron chi connectivity index (χ4n) is 3.23. The van der Waals surface area contributed by atoms with Crippen molar-refractivity contribution in [2.24, 2.45) is 0 Å². The number of halogens is 2. The lowest BCUT2D eigenvalue weighted by Crippen LogP contribution is -2.42. The number of likely N-dealkylation sites (tertiary alicyclic amines) is 1. The summed E-state index contributed by atoms with van der Waals surface area (Å²) in [6.07, 6.45) is 6.15. The minimum absolute atomic E-state index is 0.0482. The van der Waals surface area contributed by atoms with Gasteiger partial charge in [-0.1, -0.05) is 35.3 Å². The van der Waals surface area contributed by atoms with Crippen LogP contribution in [0.2, 0.25) is 10.0 Å². The van der Waals surface area contributed by atoms with Crippen LogP contribution in [0.25, 0.3) is 6.08 Å². The Bertz CT molecular complexity index is 941. The van der Waals surface area contributed by atoms with Crippen molar-refractivity contribution < 1.29 is 14.3 Å². The number of hydrogen-bond donors (Lipinski definition) is 1. The zero-order valence-electron chi connectivity index (χ0n) is 16.6. The molecule has 1 aliphatic heterocycles. The second-order valence-corrected chi connectivity index (χ2v) is 7.69. The minimum atomic E-state index is -0.408. The van der Waals surface area contributed by atoms with E-state index in [4.69, 9.17) is 27.9 Å². The Morgan fingerprint density at radius 2 is 1.97 bits per heavy atom. The van der Waals surface area contributed by atoms with E-state index in [9.17, 15) is 9.59 Å². The molecule has 0 bridgehead atoms. The van der Waals surface area contributed by atoms with Crippen LogP contribution in [-0.2, 0) is 9.53 Å². The van der Waals surface area contributed by atoms with Crippen molar-refractivity contribution in [3.63, 3.8) is 0 Å². The van der Waals surface area contributed by atoms with Crippen LogP contribution in [0.15, 0.2) is 42.6 Å². The lowest BCUT2D eigenvalue weighted by Gasteiger charge is -2.33. The number of anilines is 1. The molecule has 1 aromatic heterocycles. The third-order valence-corrected chi connectivity index (χ3v) is 5.41. The van der Waals surface area contributed by atoms with Crippen molar-refractivity contribution in [1.29, 1.82) is 0 Å². The maximum atomic E-state index is 12.7. The van der Waals surface area contributed by atoms with Crippen LogP contribution in [0.1, 0.15) is 35.7 Å². The van der Waals surface area contributed by atoms with Crippen molar-refractivity contribution in [2.75, 3.05) is 25.0 Å². The van der Waals surface area contributed by atoms with Gasteiger partial charge in [-0.2, -0.15) is 0 Å². The molecular weight excluding hydrogens is 425 g/mol. The van der Waals surface area contributed by atoms with Crippen LogP contribution in [-0.4, -0.2) is 47.5 Å². The Balaban J connectivity index is 1.55. The normalized spacial score (nSPS) is 14.7. The van der Waals surface area contributed by atoms with Crippen molar-refractivity contribution >= 4 is 47.0 Å². The Kier molecular flexibility index (Phi) is 7.71. The summed E-state index contributed by atoms with van der Waals surface area (Å²) in [5.74, 6) is 0.128. The van der Waals surface area contributed by atoms with Gasteiger partial charge < -0.3 is 15.0 Å². The van der Waals surface area contributed by atoms with E-state index >= 15 is 0 Å². The zero-order chi connectivity index (χ0) is 21.5. The molecule has 1 fully saturated rings. The van der Waals surface area contributed by atoms with Gasteiger partial charge in [0.25, 0.3) is 5.91 Å². The number of ether oxygens (including phenoxy) is 1. The SMILES string of the molecule is CCOC(=O)C=Cc1cnc(NC2CCN(C(=O)c3ccccc3Cl)CC2)c(Cl)c1. The topological polar surface area (TPSA) is 71.5 Å². The fraction of sp³-hybridized carbons (Fsp3) is 0.318. The number of piperidine rings is 1. The Morgan fingerprint density at radius 1 is 1.23 bits per heavy atom. The van der Waals surface area contributed by atoms with Gasteiger partial charge in [0.15, 0.2) is 0 Å². The Hall–Kier alpha value is -2.57. The molecule has 1 N–H and O–H groups in total. The second kappa shape index (κ2) is 10.5. The highest BCUT2D eigenvalue weighted by atomic mass is 35.5. The number of esters is 1. The molecule has 158 valence electrons. The number of amides is 1. The van der Waals surface area contributed by atoms with Gasteiger partial charge in [-0.05, 0) is 49.6 Å². The van der Waals surface area contributed by atoms with Gasteiger partial charge in [-0.3, -0.25) is 4.79 Å². The molecule has 2 aromatic rings. The molecular formula is C22H23Cl2N3O3. The summed E-state index contributed by atoms with van der Waals surface area (Å²) in [5, 5.41) is 4.29. The van der Waals surface area contributed by atoms with Gasteiger partial charge in [-0.15, -0.1) is 0 Å². The first-order valence-corrected chi connectivity index (χ1v) is 10.5. The zero-order valence-corrected chi connectivity index (χ0v) is 18.1. The molecule has 3 rings (SSSR count). The molecule has 1 aliphatic rings. The highest BCUT2D eigenvalue weighted by molar-refractivity contribution is 6.34. The van der Waals surface area contributed by atoms with Crippen LogP contribution in [0.5, 0.6) is 0 Å². The third kappa shape index (κ3) is 5.74. The molecule has 0 atom stereocenters. The number of nitrogens with one attached hydrogen (secondary N) is 1. The number of aromatic nitrogens is 1. The smallest absolute Gasteiger partial charge is 0.330 e. The van der Waals surface area contributed by atoms with E-state index in [2.05, 4.69) is 10.3 Å². The molecule has 8 heteroatoms. The lowest BCUT2D eigenvalue weighted by atomic mass is 10.0. The first-order chi connectivity index (χ1) is 14.5. The van der Waals surface area contributed by atoms with Crippen LogP contribution in [0.4, 0.5) is 5.82 Å². The molecule has 0 aliphatic carbocycles. The van der Waals surface area contributed by atoms with E-state index < -0.39 is 5.97 Å². The number of hydrogen-bond acceptors (Lipinski definition) is 5. The Morgan fingerprint density at radius 3 is 2.63 bits per heavy atom. The summed E-state index contributed by atoms with van der Waals surface area (Å²) < 4.78 is 4.85. The number of nitrogens with zero attached hydrogens (tertiary/aromatic N) is 2. The molecule has 30 heavy (non-hydrogen) atoms. The van der Waals surface area contributed by atoms with Gasteiger partial charge >= 0.3 is 5.97 Å². The summed E-state index contributed by atoms with van der Waals surface area (Å²) in [6, 6.07) is 8.99. The van der Waals surface area contributed by atoms with Crippen LogP contribution in [0.3, 0.4) is 0 Å². The standard InChI is InChI=1S/C22H23Cl2N3O3/c1-2-30-20(28)8-7-15-13-19(24)21(25-14-15)26-16-9-11-27(12-10-16)22(29)17-5-3-4-6-18(17)23/h3-8,13-14,16H,2,9-12H2,1H3,(H,25,26). The summed E-state index contributed by atoms with van der Waals surface area (Å²) >= 11 is 12.5. The monoisotopic (exact) mass is 447 g/mol. The van der Waals surface area contributed by atoms with Crippen molar-refractivity contribution in [2.45, 2.75) is 25.8 Å². The van der Waals surface area contributed by atoms with E-state index in [0.717, 1.165) is 12.8 Å². The summed E-state index contributed by atoms with van der Waals surface area (Å²) in [4.78, 5) is 30.3. The number of carbonyl (C=O) groups excluding carboxylic acids is 2. The number of benzene rings is 1. The van der Waals surface area contributed by atoms with E-state index in [1.807, 2.05) is 17.0 Å². The number of carbonyl (C=O) groups is 2. The van der Waals surface area contributed by atoms with Gasteiger partial charge in [0, 0.05) is 31.4 Å². The number of rotatable bonds is 6. The van der Waals surface area contributed by atoms with E-state index in [1.165, 1.54) is 6.08 Å². The highest BCUT2D eigenvalue weighted by Crippen LogP contribution is 2.25. The first-order valence-electron chi connectivity index (χ1n) is 9.78. The maximum absolute atomic E-state index is 12.7. The summed E-state index contributed by atoms with van der Waals surface area (Å²) in [6.45, 7) is 3.33. The van der Waals surface area contributed by atoms with E-state index in [0.29, 0.717) is 46.7 Å². The van der Waals surface area contributed by atoms with Gasteiger partial charge in [0.05, 0.1) is 22.2 Å². The van der Waals surface area contributed by atoms with Crippen molar-refractivity contribution in [3.05, 3.63) is 63.8 Å². The maximum Gasteiger partial charge on any atom is 0.330 e. The fourth-order valence-corrected chi connectivity index (χ4v) is 3.68. The molecule has 1 amide bonds. The van der Waals surface area contributed by atoms with Gasteiger partial charge in [0.2, 0.25) is 0 Å². The average molecular weight is 448 g/mol. The van der Waals surface area contributed by atoms with Gasteiger partial charge in [-0.25, -0.2) is 9.78 Å². The number of pyridine rings is 1. The Labute approximate surface area is 185 Å². The second-order valence-electron chi connectivity index (χ2n) is 6.88. The molecule has 0 unspecified atom stereocenters. The van der Waals surface area contributed by atoms with Crippen LogP contribution in [0, 0.1) is 0 Å². The van der Waals surface area contributed by atoms with E-state index in [-0.39, 0.29) is 11.9 Å². The average Bonchev–Trinajstić information content (AvgIpc) is 2.74. The predicted octanol–water partition coefficient (Wildman–Crippen LogP) is 4.68. The lowest BCUT2D eigenvalue weighted by molar-refractivity contribution is -0.137. The predicted molar refractivity (Wildman–Crippen MR) is 119 cm³/mol. The van der Waals surface area contributed by atoms with Gasteiger partial charge in [0.1, 0.15) is 5.82 Å². The molecule has 1 aromatic carbocycles. The molecule has 0 radical (unpaired) electrons. The molecule has 6 nitrogen and oxygen atoms in total. The summed E-state index contributed by atoms with van der Waals surface area (Å²) in [5.41, 5.74) is 1.24. The van der Waals surface area contributed by atoms with Crippen molar-refractivity contribution in [3.8, 4) is 0 Å². The highest BCUT2D eigenvalue weighted by Gasteiger charge is 2.25. The first kappa shape index (κ1) is 22.1. The molecule has 0 saturated carbocycles. The van der Waals surface area contributed by atoms with E-state index in [1.54, 1.807) is 37.4 Å². The molecule has 0 spiro atoms. The minimum Gasteiger partial charge on any atom is -0.463 e. The molecule has 1 saturated heterocycles. The summed E-state index contributed by atoms with van der Waals surface area (Å²) in [7, 11) is 0. The third-order valence-electron chi connectivity index (χ3n) is 4.79. The largest absolute Gasteiger partial charge is 0.463 e. The molecule has 2 heterocycles. The van der Waals surface area contributed by atoms with Crippen LogP contribution < -0.4 is 5.32 Å². The van der Waals surface area contributed by atoms with Crippen molar-refractivity contribution in [1.82, 2.24) is 9.88 Å². The quantitative estimate of drug-likeness (QED) is 0.513. The van der Waals surface area contributed by atoms with Crippen LogP contribution >= 0.6 is 23.2 Å².